The first-order chi connectivity index (χ1) is 14.4. The van der Waals surface area contributed by atoms with Crippen LogP contribution in [0.5, 0.6) is 0 Å². The van der Waals surface area contributed by atoms with Crippen LogP contribution in [0.25, 0.3) is 12.2 Å². The van der Waals surface area contributed by atoms with Crippen molar-refractivity contribution in [1.82, 2.24) is 0 Å². The first-order valence-electron chi connectivity index (χ1n) is 11.1. The van der Waals surface area contributed by atoms with Crippen LogP contribution in [0.15, 0.2) is 53.4 Å². The van der Waals surface area contributed by atoms with Crippen molar-refractivity contribution in [3.8, 4) is 0 Å². The zero-order chi connectivity index (χ0) is 22.6. The molecule has 0 nitrogen and oxygen atoms in total. The third-order valence-corrected chi connectivity index (χ3v) is 7.39. The van der Waals surface area contributed by atoms with E-state index in [0.29, 0.717) is 18.1 Å². The Balaban J connectivity index is 1.60. The molecule has 3 rings (SSSR count). The molecule has 0 aliphatic heterocycles. The van der Waals surface area contributed by atoms with Gasteiger partial charge in [-0.1, -0.05) is 101 Å². The van der Waals surface area contributed by atoms with Gasteiger partial charge in [-0.15, -0.1) is 0 Å². The molecule has 0 radical (unpaired) electrons. The molecule has 6 heteroatoms. The van der Waals surface area contributed by atoms with Gasteiger partial charge >= 0.3 is 10.2 Å². The van der Waals surface area contributed by atoms with Gasteiger partial charge < -0.3 is 0 Å². The maximum absolute atomic E-state index is 13.0. The summed E-state index contributed by atoms with van der Waals surface area (Å²) >= 11 is 0. The average Bonchev–Trinajstić information content (AvgIpc) is 2.72. The van der Waals surface area contributed by atoms with Gasteiger partial charge in [-0.25, -0.2) is 0 Å². The van der Waals surface area contributed by atoms with Crippen molar-refractivity contribution < 1.29 is 19.4 Å². The zero-order valence-electron chi connectivity index (χ0n) is 17.9. The van der Waals surface area contributed by atoms with E-state index < -0.39 is 15.1 Å². The molecule has 1 fully saturated rings. The van der Waals surface area contributed by atoms with Crippen LogP contribution in [0.2, 0.25) is 0 Å². The second kappa shape index (κ2) is 8.61. The predicted molar refractivity (Wildman–Crippen MR) is 122 cm³/mol. The maximum atomic E-state index is 13.0. The van der Waals surface area contributed by atoms with E-state index >= 15 is 0 Å². The molecule has 0 spiro atoms. The largest absolute Gasteiger partial charge is 0.310 e. The van der Waals surface area contributed by atoms with E-state index in [1.807, 2.05) is 12.1 Å². The van der Waals surface area contributed by atoms with Crippen molar-refractivity contribution in [3.63, 3.8) is 0 Å². The second-order valence-electron chi connectivity index (χ2n) is 8.75. The summed E-state index contributed by atoms with van der Waals surface area (Å²) in [5.74, 6) is 1.42. The standard InChI is InChI=1S/C25H31F5S/c1-2-3-4-6-20-11-15-23(16-12-20)24-17-13-21(14-18-24)9-10-22-7-5-8-25(19-22)31(26,27,28,29)30/h5,7-10,13-14,17-20,23H,2-4,6,11-12,15-16H2,1H3. The van der Waals surface area contributed by atoms with Crippen LogP contribution in [0.1, 0.15) is 80.9 Å². The minimum atomic E-state index is -9.66. The molecule has 0 bridgehead atoms. The molecule has 0 saturated heterocycles. The summed E-state index contributed by atoms with van der Waals surface area (Å²) < 4.78 is 64.9. The van der Waals surface area contributed by atoms with Gasteiger partial charge in [0.1, 0.15) is 4.90 Å². The Morgan fingerprint density at radius 1 is 0.806 bits per heavy atom. The molecule has 2 aromatic carbocycles. The molecule has 0 heterocycles. The summed E-state index contributed by atoms with van der Waals surface area (Å²) in [5.41, 5.74) is 2.22. The Kier molecular flexibility index (Phi) is 6.62. The van der Waals surface area contributed by atoms with Gasteiger partial charge in [-0.3, -0.25) is 0 Å². The summed E-state index contributed by atoms with van der Waals surface area (Å²) in [6.45, 7) is 2.23. The van der Waals surface area contributed by atoms with Gasteiger partial charge in [-0.05, 0) is 66.3 Å². The van der Waals surface area contributed by atoms with Crippen LogP contribution in [0.3, 0.4) is 0 Å². The first kappa shape index (κ1) is 23.8. The second-order valence-corrected chi connectivity index (χ2v) is 11.2. The monoisotopic (exact) mass is 458 g/mol. The Morgan fingerprint density at radius 2 is 1.45 bits per heavy atom. The van der Waals surface area contributed by atoms with E-state index in [1.165, 1.54) is 69.1 Å². The molecular formula is C25H31F5S. The lowest BCUT2D eigenvalue weighted by molar-refractivity contribution is 0.303. The van der Waals surface area contributed by atoms with Gasteiger partial charge in [0.25, 0.3) is 0 Å². The van der Waals surface area contributed by atoms with E-state index in [-0.39, 0.29) is 5.56 Å². The Bertz CT molecular complexity index is 892. The van der Waals surface area contributed by atoms with Crippen molar-refractivity contribution >= 4 is 22.4 Å². The van der Waals surface area contributed by atoms with Crippen molar-refractivity contribution in [2.75, 3.05) is 0 Å². The topological polar surface area (TPSA) is 0 Å². The minimum absolute atomic E-state index is 0.0937. The van der Waals surface area contributed by atoms with Crippen molar-refractivity contribution in [2.45, 2.75) is 69.1 Å². The number of rotatable bonds is 8. The Labute approximate surface area is 182 Å². The molecule has 0 unspecified atom stereocenters. The zero-order valence-corrected chi connectivity index (χ0v) is 18.7. The molecule has 0 N–H and O–H groups in total. The highest BCUT2D eigenvalue weighted by Crippen LogP contribution is 3.02. The van der Waals surface area contributed by atoms with Crippen LogP contribution in [-0.2, 0) is 0 Å². The number of hydrogen-bond acceptors (Lipinski definition) is 0. The molecule has 0 atom stereocenters. The van der Waals surface area contributed by atoms with Crippen LogP contribution < -0.4 is 0 Å². The smallest absolute Gasteiger partial charge is 0.0936 e. The van der Waals surface area contributed by atoms with Gasteiger partial charge in [0.2, 0.25) is 0 Å². The third-order valence-electron chi connectivity index (χ3n) is 6.24. The summed E-state index contributed by atoms with van der Waals surface area (Å²) in [5, 5.41) is 0. The van der Waals surface area contributed by atoms with Crippen LogP contribution in [0.4, 0.5) is 19.4 Å². The van der Waals surface area contributed by atoms with E-state index in [9.17, 15) is 19.4 Å². The van der Waals surface area contributed by atoms with Gasteiger partial charge in [0, 0.05) is 0 Å². The van der Waals surface area contributed by atoms with E-state index in [2.05, 4.69) is 19.1 Å². The normalized spacial score (nSPS) is 22.3. The number of benzene rings is 2. The van der Waals surface area contributed by atoms with E-state index in [0.717, 1.165) is 17.5 Å². The number of unbranched alkanes of at least 4 members (excludes halogenated alkanes) is 2. The third kappa shape index (κ3) is 7.09. The van der Waals surface area contributed by atoms with Crippen LogP contribution >= 0.6 is 10.2 Å². The molecule has 1 saturated carbocycles. The lowest BCUT2D eigenvalue weighted by atomic mass is 9.77. The fourth-order valence-electron chi connectivity index (χ4n) is 4.40. The summed E-state index contributed by atoms with van der Waals surface area (Å²) in [4.78, 5) is -1.86. The molecule has 1 aliphatic rings. The highest BCUT2D eigenvalue weighted by Gasteiger charge is 2.65. The number of hydrogen-bond donors (Lipinski definition) is 0. The Hall–Kier alpha value is -1.82. The molecule has 31 heavy (non-hydrogen) atoms. The predicted octanol–water partition coefficient (Wildman–Crippen LogP) is 10.4. The molecule has 172 valence electrons. The molecule has 2 aromatic rings. The molecule has 0 amide bonds. The molecule has 0 aromatic heterocycles. The van der Waals surface area contributed by atoms with Crippen molar-refractivity contribution in [1.29, 1.82) is 0 Å². The number of halogens is 5. The first-order valence-corrected chi connectivity index (χ1v) is 13.0. The van der Waals surface area contributed by atoms with E-state index in [1.54, 1.807) is 6.08 Å². The lowest BCUT2D eigenvalue weighted by Gasteiger charge is -2.40. The summed E-state index contributed by atoms with van der Waals surface area (Å²) in [7, 11) is -9.66. The van der Waals surface area contributed by atoms with E-state index in [4.69, 9.17) is 0 Å². The minimum Gasteiger partial charge on any atom is -0.0936 e. The van der Waals surface area contributed by atoms with Crippen LogP contribution in [0, 0.1) is 5.92 Å². The highest BCUT2D eigenvalue weighted by atomic mass is 32.5. The SMILES string of the molecule is CCCCCC1CCC(c2ccc(C=Cc3cccc(S(F)(F)(F)(F)F)c3)cc2)CC1. The van der Waals surface area contributed by atoms with Crippen molar-refractivity contribution in [3.05, 3.63) is 65.2 Å². The van der Waals surface area contributed by atoms with Gasteiger partial charge in [-0.2, -0.15) is 0 Å². The average molecular weight is 459 g/mol. The quantitative estimate of drug-likeness (QED) is 0.210. The summed E-state index contributed by atoms with van der Waals surface area (Å²) in [6.07, 6.45) is 13.3. The van der Waals surface area contributed by atoms with Crippen LogP contribution in [-0.4, -0.2) is 0 Å². The lowest BCUT2D eigenvalue weighted by Crippen LogP contribution is -2.13. The highest BCUT2D eigenvalue weighted by molar-refractivity contribution is 8.45. The van der Waals surface area contributed by atoms with Gasteiger partial charge in [0.15, 0.2) is 0 Å². The maximum Gasteiger partial charge on any atom is 0.310 e. The molecular weight excluding hydrogens is 427 g/mol. The fraction of sp³-hybridized carbons (Fsp3) is 0.440. The molecule has 1 aliphatic carbocycles. The van der Waals surface area contributed by atoms with Crippen molar-refractivity contribution in [2.24, 2.45) is 5.92 Å². The summed E-state index contributed by atoms with van der Waals surface area (Å²) in [6, 6.07) is 11.4. The van der Waals surface area contributed by atoms with Gasteiger partial charge in [0.05, 0.1) is 0 Å². The fourth-order valence-corrected chi connectivity index (χ4v) is 5.09. The Morgan fingerprint density at radius 3 is 2.06 bits per heavy atom.